The number of aryl methyl sites for hydroxylation is 1. The molecule has 0 fully saturated rings. The van der Waals surface area contributed by atoms with Gasteiger partial charge in [-0.1, -0.05) is 43.7 Å². The minimum atomic E-state index is -0.284. The van der Waals surface area contributed by atoms with Crippen LogP contribution >= 0.6 is 0 Å². The average molecular weight is 417 g/mol. The van der Waals surface area contributed by atoms with E-state index in [2.05, 4.69) is 15.7 Å². The maximum Gasteiger partial charge on any atom is 0.276 e. The first-order valence-corrected chi connectivity index (χ1v) is 10.8. The zero-order valence-electron chi connectivity index (χ0n) is 18.2. The second-order valence-electron chi connectivity index (χ2n) is 8.48. The minimum absolute atomic E-state index is 0.194. The van der Waals surface area contributed by atoms with Crippen LogP contribution in [-0.2, 0) is 12.8 Å². The summed E-state index contributed by atoms with van der Waals surface area (Å²) in [5, 5.41) is 10.5. The van der Waals surface area contributed by atoms with Gasteiger partial charge < -0.3 is 10.6 Å². The summed E-state index contributed by atoms with van der Waals surface area (Å²) in [5.74, 6) is -0.132. The molecule has 2 N–H and O–H groups in total. The predicted octanol–water partition coefficient (Wildman–Crippen LogP) is 4.31. The number of anilines is 1. The summed E-state index contributed by atoms with van der Waals surface area (Å²) in [5.41, 5.74) is 5.60. The molecule has 0 atom stereocenters. The molecule has 2 aromatic carbocycles. The van der Waals surface area contributed by atoms with E-state index < -0.39 is 0 Å². The third-order valence-electron chi connectivity index (χ3n) is 5.51. The van der Waals surface area contributed by atoms with E-state index in [1.165, 1.54) is 5.56 Å². The Bertz CT molecular complexity index is 1110. The minimum Gasteiger partial charge on any atom is -0.352 e. The summed E-state index contributed by atoms with van der Waals surface area (Å²) in [4.78, 5) is 25.8. The first-order valence-electron chi connectivity index (χ1n) is 10.8. The third-order valence-corrected chi connectivity index (χ3v) is 5.51. The predicted molar refractivity (Wildman–Crippen MR) is 122 cm³/mol. The van der Waals surface area contributed by atoms with Crippen LogP contribution in [0.25, 0.3) is 5.69 Å². The Kier molecular flexibility index (Phi) is 5.89. The smallest absolute Gasteiger partial charge is 0.276 e. The molecule has 160 valence electrons. The van der Waals surface area contributed by atoms with Crippen molar-refractivity contribution in [3.63, 3.8) is 0 Å². The van der Waals surface area contributed by atoms with E-state index >= 15 is 0 Å². The first-order chi connectivity index (χ1) is 14.9. The van der Waals surface area contributed by atoms with Crippen LogP contribution in [0.3, 0.4) is 0 Å². The van der Waals surface area contributed by atoms with Crippen molar-refractivity contribution in [2.24, 2.45) is 5.92 Å². The molecular weight excluding hydrogens is 388 g/mol. The number of hydrogen-bond donors (Lipinski definition) is 2. The molecule has 1 aromatic heterocycles. The number of fused-ring (bicyclic) bond motifs is 1. The number of rotatable bonds is 6. The molecule has 0 radical (unpaired) electrons. The lowest BCUT2D eigenvalue weighted by Crippen LogP contribution is -2.28. The van der Waals surface area contributed by atoms with Crippen LogP contribution in [-0.4, -0.2) is 28.1 Å². The Balaban J connectivity index is 1.61. The normalized spacial score (nSPS) is 12.6. The van der Waals surface area contributed by atoms with Crippen molar-refractivity contribution in [3.8, 4) is 5.69 Å². The molecule has 4 rings (SSSR count). The topological polar surface area (TPSA) is 76.0 Å². The number of nitrogens with one attached hydrogen (secondary N) is 2. The van der Waals surface area contributed by atoms with Crippen molar-refractivity contribution in [1.82, 2.24) is 15.1 Å². The number of hydrogen-bond acceptors (Lipinski definition) is 3. The van der Waals surface area contributed by atoms with Crippen LogP contribution in [0.2, 0.25) is 0 Å². The number of para-hydroxylation sites is 1. The van der Waals surface area contributed by atoms with E-state index in [1.807, 2.05) is 55.8 Å². The summed E-state index contributed by atoms with van der Waals surface area (Å²) in [6, 6.07) is 15.2. The van der Waals surface area contributed by atoms with E-state index in [1.54, 1.807) is 18.2 Å². The average Bonchev–Trinajstić information content (AvgIpc) is 3.36. The maximum atomic E-state index is 13.2. The monoisotopic (exact) mass is 416 g/mol. The number of carbonyl (C=O) groups excluding carboxylic acids is 2. The van der Waals surface area contributed by atoms with E-state index in [4.69, 9.17) is 0 Å². The SMILES string of the molecule is Cc1ccc(-n2nc(C(=O)Nc3ccccc3C(=O)NCC(C)C)c3c2CCC3)cc1. The van der Waals surface area contributed by atoms with E-state index in [0.29, 0.717) is 29.4 Å². The van der Waals surface area contributed by atoms with Crippen LogP contribution in [0.1, 0.15) is 57.9 Å². The fraction of sp³-hybridized carbons (Fsp3) is 0.320. The van der Waals surface area contributed by atoms with Crippen molar-refractivity contribution in [2.45, 2.75) is 40.0 Å². The molecule has 0 saturated carbocycles. The van der Waals surface area contributed by atoms with Crippen LogP contribution in [0, 0.1) is 12.8 Å². The molecule has 0 unspecified atom stereocenters. The van der Waals surface area contributed by atoms with Gasteiger partial charge in [-0.15, -0.1) is 0 Å². The van der Waals surface area contributed by atoms with Gasteiger partial charge in [0.15, 0.2) is 5.69 Å². The number of nitrogens with zero attached hydrogens (tertiary/aromatic N) is 2. The molecule has 1 aliphatic carbocycles. The molecule has 0 spiro atoms. The van der Waals surface area contributed by atoms with Crippen molar-refractivity contribution in [1.29, 1.82) is 0 Å². The second-order valence-corrected chi connectivity index (χ2v) is 8.48. The Morgan fingerprint density at radius 2 is 1.77 bits per heavy atom. The molecule has 0 aliphatic heterocycles. The number of carbonyl (C=O) groups is 2. The second kappa shape index (κ2) is 8.76. The summed E-state index contributed by atoms with van der Waals surface area (Å²) in [6.07, 6.45) is 2.74. The van der Waals surface area contributed by atoms with Crippen LogP contribution in [0.15, 0.2) is 48.5 Å². The lowest BCUT2D eigenvalue weighted by Gasteiger charge is -2.12. The Morgan fingerprint density at radius 3 is 2.52 bits per heavy atom. The number of amides is 2. The highest BCUT2D eigenvalue weighted by Gasteiger charge is 2.27. The molecule has 1 aliphatic rings. The number of benzene rings is 2. The molecule has 0 saturated heterocycles. The molecule has 6 nitrogen and oxygen atoms in total. The van der Waals surface area contributed by atoms with Crippen molar-refractivity contribution >= 4 is 17.5 Å². The third kappa shape index (κ3) is 4.38. The van der Waals surface area contributed by atoms with E-state index in [0.717, 1.165) is 36.2 Å². The number of aromatic nitrogens is 2. The van der Waals surface area contributed by atoms with Crippen molar-refractivity contribution < 1.29 is 9.59 Å². The van der Waals surface area contributed by atoms with Crippen molar-refractivity contribution in [3.05, 3.63) is 76.6 Å². The summed E-state index contributed by atoms with van der Waals surface area (Å²) >= 11 is 0. The van der Waals surface area contributed by atoms with Crippen LogP contribution in [0.5, 0.6) is 0 Å². The van der Waals surface area contributed by atoms with Gasteiger partial charge in [0.1, 0.15) is 0 Å². The van der Waals surface area contributed by atoms with Crippen LogP contribution in [0.4, 0.5) is 5.69 Å². The quantitative estimate of drug-likeness (QED) is 0.629. The summed E-state index contributed by atoms with van der Waals surface area (Å²) in [6.45, 7) is 6.71. The van der Waals surface area contributed by atoms with Gasteiger partial charge in [0, 0.05) is 17.8 Å². The van der Waals surface area contributed by atoms with Gasteiger partial charge in [0.2, 0.25) is 0 Å². The molecule has 1 heterocycles. The molecule has 31 heavy (non-hydrogen) atoms. The van der Waals surface area contributed by atoms with Gasteiger partial charge in [-0.2, -0.15) is 5.10 Å². The van der Waals surface area contributed by atoms with Crippen LogP contribution < -0.4 is 10.6 Å². The molecule has 6 heteroatoms. The molecule has 0 bridgehead atoms. The first kappa shape index (κ1) is 20.8. The van der Waals surface area contributed by atoms with E-state index in [9.17, 15) is 9.59 Å². The standard InChI is InChI=1S/C25H28N4O2/c1-16(2)15-26-24(30)19-7-4-5-9-21(19)27-25(31)23-20-8-6-10-22(20)29(28-23)18-13-11-17(3)12-14-18/h4-5,7,9,11-14,16H,6,8,10,15H2,1-3H3,(H,26,30)(H,27,31). The van der Waals surface area contributed by atoms with Gasteiger partial charge in [0.25, 0.3) is 11.8 Å². The largest absolute Gasteiger partial charge is 0.352 e. The van der Waals surface area contributed by atoms with Gasteiger partial charge in [-0.05, 0) is 56.4 Å². The van der Waals surface area contributed by atoms with Gasteiger partial charge in [-0.3, -0.25) is 9.59 Å². The fourth-order valence-electron chi connectivity index (χ4n) is 3.88. The zero-order valence-corrected chi connectivity index (χ0v) is 18.2. The Labute approximate surface area is 182 Å². The maximum absolute atomic E-state index is 13.2. The summed E-state index contributed by atoms with van der Waals surface area (Å²) in [7, 11) is 0. The highest BCUT2D eigenvalue weighted by atomic mass is 16.2. The van der Waals surface area contributed by atoms with Gasteiger partial charge in [-0.25, -0.2) is 4.68 Å². The molecular formula is C25H28N4O2. The zero-order chi connectivity index (χ0) is 22.0. The summed E-state index contributed by atoms with van der Waals surface area (Å²) < 4.78 is 1.89. The van der Waals surface area contributed by atoms with E-state index in [-0.39, 0.29) is 11.8 Å². The molecule has 3 aromatic rings. The molecule has 2 amide bonds. The van der Waals surface area contributed by atoms with Gasteiger partial charge >= 0.3 is 0 Å². The highest BCUT2D eigenvalue weighted by molar-refractivity contribution is 6.09. The van der Waals surface area contributed by atoms with Gasteiger partial charge in [0.05, 0.1) is 16.9 Å². The Morgan fingerprint density at radius 1 is 1.03 bits per heavy atom. The Hall–Kier alpha value is -3.41. The lowest BCUT2D eigenvalue weighted by molar-refractivity contribution is 0.0950. The fourth-order valence-corrected chi connectivity index (χ4v) is 3.88. The lowest BCUT2D eigenvalue weighted by atomic mass is 10.1. The van der Waals surface area contributed by atoms with Crippen molar-refractivity contribution in [2.75, 3.05) is 11.9 Å². The highest BCUT2D eigenvalue weighted by Crippen LogP contribution is 2.29.